The molecule has 2 aromatic carbocycles. The van der Waals surface area contributed by atoms with Gasteiger partial charge in [0.15, 0.2) is 11.5 Å². The molecule has 0 saturated carbocycles. The quantitative estimate of drug-likeness (QED) is 0.699. The van der Waals surface area contributed by atoms with Crippen LogP contribution < -0.4 is 25.1 Å². The zero-order valence-corrected chi connectivity index (χ0v) is 14.2. The van der Waals surface area contributed by atoms with Gasteiger partial charge in [-0.2, -0.15) is 0 Å². The van der Waals surface area contributed by atoms with Crippen LogP contribution in [0.3, 0.4) is 0 Å². The van der Waals surface area contributed by atoms with Gasteiger partial charge in [0.25, 0.3) is 5.91 Å². The first-order valence-corrected chi connectivity index (χ1v) is 8.46. The Kier molecular flexibility index (Phi) is 4.02. The van der Waals surface area contributed by atoms with Crippen molar-refractivity contribution in [2.75, 3.05) is 25.7 Å². The molecule has 0 aliphatic carbocycles. The summed E-state index contributed by atoms with van der Waals surface area (Å²) in [6.07, 6.45) is 0. The predicted octanol–water partition coefficient (Wildman–Crippen LogP) is 2.83. The lowest BCUT2D eigenvalue weighted by Gasteiger charge is -2.18. The number of nitrogens with one attached hydrogen (secondary N) is 2. The topological polar surface area (TPSA) is 81.7 Å². The summed E-state index contributed by atoms with van der Waals surface area (Å²) in [5.41, 5.74) is 6.71. The van der Waals surface area contributed by atoms with Crippen molar-refractivity contribution in [3.8, 4) is 17.2 Å². The van der Waals surface area contributed by atoms with Crippen molar-refractivity contribution in [2.45, 2.75) is 0 Å². The van der Waals surface area contributed by atoms with E-state index in [4.69, 9.17) is 14.2 Å². The Balaban J connectivity index is 1.48. The van der Waals surface area contributed by atoms with Gasteiger partial charge in [-0.3, -0.25) is 15.6 Å². The molecule has 2 heterocycles. The highest BCUT2D eigenvalue weighted by atomic mass is 32.1. The Morgan fingerprint density at radius 1 is 1.20 bits per heavy atom. The van der Waals surface area contributed by atoms with Gasteiger partial charge in [-0.15, -0.1) is 0 Å². The predicted molar refractivity (Wildman–Crippen MR) is 94.7 cm³/mol. The molecule has 128 valence electrons. The summed E-state index contributed by atoms with van der Waals surface area (Å²) in [4.78, 5) is 16.8. The minimum Gasteiger partial charge on any atom is -0.494 e. The molecule has 25 heavy (non-hydrogen) atoms. The number of hydrogen-bond donors (Lipinski definition) is 2. The number of ether oxygens (including phenoxy) is 3. The second kappa shape index (κ2) is 6.48. The number of hydrogen-bond acceptors (Lipinski definition) is 7. The van der Waals surface area contributed by atoms with Gasteiger partial charge in [-0.25, -0.2) is 4.98 Å². The first-order valence-electron chi connectivity index (χ1n) is 7.64. The molecule has 1 aromatic heterocycles. The summed E-state index contributed by atoms with van der Waals surface area (Å²) >= 11 is 1.43. The maximum absolute atomic E-state index is 12.3. The third-order valence-electron chi connectivity index (χ3n) is 3.69. The van der Waals surface area contributed by atoms with E-state index < -0.39 is 0 Å². The number of amides is 1. The Hall–Kier alpha value is -3.00. The number of aromatic nitrogens is 1. The second-order valence-electron chi connectivity index (χ2n) is 5.26. The number of fused-ring (bicyclic) bond motifs is 2. The SMILES string of the molecule is COc1cccc2sc(NNC(=O)c3ccc4c(c3)OCCO4)nc12. The van der Waals surface area contributed by atoms with Crippen LogP contribution in [0.1, 0.15) is 10.4 Å². The molecule has 3 aromatic rings. The summed E-state index contributed by atoms with van der Waals surface area (Å²) in [5.74, 6) is 1.63. The summed E-state index contributed by atoms with van der Waals surface area (Å²) < 4.78 is 17.2. The number of methoxy groups -OCH3 is 1. The van der Waals surface area contributed by atoms with Crippen molar-refractivity contribution in [1.82, 2.24) is 10.4 Å². The molecule has 2 N–H and O–H groups in total. The molecule has 8 heteroatoms. The van der Waals surface area contributed by atoms with E-state index in [1.54, 1.807) is 25.3 Å². The number of para-hydroxylation sites is 1. The zero-order valence-electron chi connectivity index (χ0n) is 13.4. The van der Waals surface area contributed by atoms with E-state index >= 15 is 0 Å². The molecular weight excluding hydrogens is 342 g/mol. The number of benzene rings is 2. The number of anilines is 1. The number of nitrogens with zero attached hydrogens (tertiary/aromatic N) is 1. The zero-order chi connectivity index (χ0) is 17.2. The monoisotopic (exact) mass is 357 g/mol. The van der Waals surface area contributed by atoms with Gasteiger partial charge in [0, 0.05) is 5.56 Å². The average Bonchev–Trinajstić information content (AvgIpc) is 3.08. The molecule has 0 atom stereocenters. The molecular formula is C17H15N3O4S. The van der Waals surface area contributed by atoms with E-state index in [-0.39, 0.29) is 5.91 Å². The van der Waals surface area contributed by atoms with Crippen molar-refractivity contribution in [1.29, 1.82) is 0 Å². The van der Waals surface area contributed by atoms with Crippen LogP contribution in [0.4, 0.5) is 5.13 Å². The third-order valence-corrected chi connectivity index (χ3v) is 4.63. The molecule has 0 unspecified atom stereocenters. The molecule has 1 aliphatic rings. The van der Waals surface area contributed by atoms with Crippen LogP contribution in [0, 0.1) is 0 Å². The van der Waals surface area contributed by atoms with Gasteiger partial charge in [0.2, 0.25) is 5.13 Å². The van der Waals surface area contributed by atoms with Gasteiger partial charge in [0.1, 0.15) is 24.5 Å². The van der Waals surface area contributed by atoms with Crippen LogP contribution in [-0.4, -0.2) is 31.2 Å². The fraction of sp³-hybridized carbons (Fsp3) is 0.176. The Morgan fingerprint density at radius 2 is 2.04 bits per heavy atom. The molecule has 4 rings (SSSR count). The number of rotatable bonds is 4. The molecule has 0 radical (unpaired) electrons. The Labute approximate surface area is 147 Å². The highest BCUT2D eigenvalue weighted by Gasteiger charge is 2.15. The van der Waals surface area contributed by atoms with E-state index in [0.717, 1.165) is 10.2 Å². The number of carbonyl (C=O) groups is 1. The highest BCUT2D eigenvalue weighted by molar-refractivity contribution is 7.22. The average molecular weight is 357 g/mol. The maximum Gasteiger partial charge on any atom is 0.269 e. The van der Waals surface area contributed by atoms with Gasteiger partial charge in [0.05, 0.1) is 11.8 Å². The minimum atomic E-state index is -0.289. The van der Waals surface area contributed by atoms with E-state index in [1.165, 1.54) is 11.3 Å². The third kappa shape index (κ3) is 3.03. The fourth-order valence-corrected chi connectivity index (χ4v) is 3.35. The second-order valence-corrected chi connectivity index (χ2v) is 6.29. The maximum atomic E-state index is 12.3. The Morgan fingerprint density at radius 3 is 2.88 bits per heavy atom. The number of thiazole rings is 1. The number of hydrazine groups is 1. The van der Waals surface area contributed by atoms with E-state index in [0.29, 0.717) is 41.2 Å². The standard InChI is InChI=1S/C17H15N3O4S/c1-22-12-3-2-4-14-15(12)18-17(25-14)20-19-16(21)10-5-6-11-13(9-10)24-8-7-23-11/h2-6,9H,7-8H2,1H3,(H,18,20)(H,19,21). The normalized spacial score (nSPS) is 12.7. The van der Waals surface area contributed by atoms with Crippen LogP contribution in [0.5, 0.6) is 17.2 Å². The first kappa shape index (κ1) is 15.5. The molecule has 0 saturated heterocycles. The van der Waals surface area contributed by atoms with E-state index in [9.17, 15) is 4.79 Å². The summed E-state index contributed by atoms with van der Waals surface area (Å²) in [5, 5.41) is 0.574. The van der Waals surface area contributed by atoms with E-state index in [1.807, 2.05) is 18.2 Å². The number of carbonyl (C=O) groups excluding carboxylic acids is 1. The molecule has 0 spiro atoms. The van der Waals surface area contributed by atoms with Crippen molar-refractivity contribution in [3.05, 3.63) is 42.0 Å². The van der Waals surface area contributed by atoms with Gasteiger partial charge in [-0.1, -0.05) is 17.4 Å². The van der Waals surface area contributed by atoms with Crippen LogP contribution in [0.2, 0.25) is 0 Å². The van der Waals surface area contributed by atoms with E-state index in [2.05, 4.69) is 15.8 Å². The van der Waals surface area contributed by atoms with Crippen molar-refractivity contribution < 1.29 is 19.0 Å². The lowest BCUT2D eigenvalue weighted by molar-refractivity contribution is 0.0961. The minimum absolute atomic E-state index is 0.289. The van der Waals surface area contributed by atoms with Crippen molar-refractivity contribution >= 4 is 32.6 Å². The summed E-state index contributed by atoms with van der Waals surface area (Å²) in [6.45, 7) is 0.991. The molecule has 0 bridgehead atoms. The van der Waals surface area contributed by atoms with Crippen LogP contribution in [0.25, 0.3) is 10.2 Å². The molecule has 0 fully saturated rings. The fourth-order valence-electron chi connectivity index (χ4n) is 2.51. The smallest absolute Gasteiger partial charge is 0.269 e. The van der Waals surface area contributed by atoms with Crippen LogP contribution >= 0.6 is 11.3 Å². The largest absolute Gasteiger partial charge is 0.494 e. The molecule has 1 amide bonds. The van der Waals surface area contributed by atoms with Gasteiger partial charge < -0.3 is 14.2 Å². The summed E-state index contributed by atoms with van der Waals surface area (Å²) in [7, 11) is 1.60. The van der Waals surface area contributed by atoms with Crippen molar-refractivity contribution in [2.24, 2.45) is 0 Å². The lowest BCUT2D eigenvalue weighted by atomic mass is 10.2. The highest BCUT2D eigenvalue weighted by Crippen LogP contribution is 2.32. The van der Waals surface area contributed by atoms with Gasteiger partial charge in [-0.05, 0) is 30.3 Å². The van der Waals surface area contributed by atoms with Gasteiger partial charge >= 0.3 is 0 Å². The first-order chi connectivity index (χ1) is 12.2. The molecule has 1 aliphatic heterocycles. The van der Waals surface area contributed by atoms with Crippen LogP contribution in [-0.2, 0) is 0 Å². The van der Waals surface area contributed by atoms with Crippen molar-refractivity contribution in [3.63, 3.8) is 0 Å². The summed E-state index contributed by atoms with van der Waals surface area (Å²) in [6, 6.07) is 10.8. The Bertz CT molecular complexity index is 941. The molecule has 7 nitrogen and oxygen atoms in total. The lowest BCUT2D eigenvalue weighted by Crippen LogP contribution is -2.29. The van der Waals surface area contributed by atoms with Crippen LogP contribution in [0.15, 0.2) is 36.4 Å².